The van der Waals surface area contributed by atoms with Crippen molar-refractivity contribution in [1.29, 1.82) is 0 Å². The Bertz CT molecular complexity index is 1210. The number of aromatic nitrogens is 5. The molecular formula is C23H26N6O2. The molecular weight excluding hydrogens is 392 g/mol. The summed E-state index contributed by atoms with van der Waals surface area (Å²) in [6.45, 7) is 6.50. The first-order valence-electron chi connectivity index (χ1n) is 10.9. The fourth-order valence-electron chi connectivity index (χ4n) is 4.60. The summed E-state index contributed by atoms with van der Waals surface area (Å²) in [5.74, 6) is 1.81. The van der Waals surface area contributed by atoms with Gasteiger partial charge in [0.25, 0.3) is 0 Å². The quantitative estimate of drug-likeness (QED) is 0.600. The van der Waals surface area contributed by atoms with E-state index >= 15 is 0 Å². The van der Waals surface area contributed by atoms with E-state index in [1.54, 1.807) is 4.57 Å². The van der Waals surface area contributed by atoms with Crippen molar-refractivity contribution < 1.29 is 0 Å². The summed E-state index contributed by atoms with van der Waals surface area (Å²) >= 11 is 0. The van der Waals surface area contributed by atoms with Crippen LogP contribution in [0.3, 0.4) is 0 Å². The lowest BCUT2D eigenvalue weighted by atomic mass is 9.88. The van der Waals surface area contributed by atoms with E-state index < -0.39 is 11.1 Å². The molecule has 0 aliphatic carbocycles. The molecule has 3 aromatic rings. The van der Waals surface area contributed by atoms with Crippen molar-refractivity contribution in [3.8, 4) is 0 Å². The van der Waals surface area contributed by atoms with E-state index in [0.717, 1.165) is 36.1 Å². The van der Waals surface area contributed by atoms with Crippen molar-refractivity contribution in [2.45, 2.75) is 45.7 Å². The van der Waals surface area contributed by atoms with E-state index in [1.807, 2.05) is 43.6 Å². The van der Waals surface area contributed by atoms with E-state index in [-0.39, 0.29) is 5.92 Å². The second-order valence-electron chi connectivity index (χ2n) is 8.57. The zero-order valence-electron chi connectivity index (χ0n) is 17.9. The Balaban J connectivity index is 1.45. The fourth-order valence-corrected chi connectivity index (χ4v) is 4.60. The van der Waals surface area contributed by atoms with Gasteiger partial charge in [-0.15, -0.1) is 0 Å². The number of hydrogen-bond acceptors (Lipinski definition) is 6. The first-order chi connectivity index (χ1) is 15.0. The molecule has 0 N–H and O–H groups in total. The average molecular weight is 419 g/mol. The molecule has 2 aromatic heterocycles. The highest BCUT2D eigenvalue weighted by Crippen LogP contribution is 2.37. The summed E-state index contributed by atoms with van der Waals surface area (Å²) in [6, 6.07) is 7.94. The van der Waals surface area contributed by atoms with E-state index in [4.69, 9.17) is 0 Å². The zero-order chi connectivity index (χ0) is 21.5. The Labute approximate surface area is 180 Å². The molecule has 8 heteroatoms. The number of aryl methyl sites for hydroxylation is 2. The smallest absolute Gasteiger partial charge is 0.332 e. The molecule has 1 saturated heterocycles. The highest BCUT2D eigenvalue weighted by atomic mass is 16.2. The van der Waals surface area contributed by atoms with E-state index in [0.29, 0.717) is 37.3 Å². The summed E-state index contributed by atoms with van der Waals surface area (Å²) in [6.07, 6.45) is 5.57. The normalized spacial score (nSPS) is 19.9. The third-order valence-corrected chi connectivity index (χ3v) is 6.50. The van der Waals surface area contributed by atoms with Crippen molar-refractivity contribution in [2.75, 3.05) is 18.0 Å². The van der Waals surface area contributed by atoms with Gasteiger partial charge in [-0.25, -0.2) is 14.6 Å². The predicted molar refractivity (Wildman–Crippen MR) is 118 cm³/mol. The molecule has 0 saturated carbocycles. The van der Waals surface area contributed by atoms with Crippen LogP contribution in [0.25, 0.3) is 0 Å². The number of fused-ring (bicyclic) bond motifs is 3. The maximum absolute atomic E-state index is 12.8. The van der Waals surface area contributed by atoms with Gasteiger partial charge in [0.15, 0.2) is 0 Å². The molecule has 0 amide bonds. The standard InChI is InChI=1S/C23H26N6O2/c1-3-16-10-24-23(25-11-16)27-9-8-18-13-28-20(19(18)14-27)26-29(22(31)21(28)30)12-17-6-4-15(2)5-7-17/h4-7,10-11,18-19H,3,8-9,12-14H2,1-2H3/t18-,19+/m0/s1. The molecule has 31 heavy (non-hydrogen) atoms. The van der Waals surface area contributed by atoms with E-state index in [2.05, 4.69) is 26.9 Å². The summed E-state index contributed by atoms with van der Waals surface area (Å²) in [5.41, 5.74) is 2.18. The molecule has 4 heterocycles. The number of nitrogens with zero attached hydrogens (tertiary/aromatic N) is 6. The fraction of sp³-hybridized carbons (Fsp3) is 0.435. The van der Waals surface area contributed by atoms with Crippen LogP contribution in [-0.2, 0) is 19.5 Å². The lowest BCUT2D eigenvalue weighted by Gasteiger charge is -2.34. The minimum absolute atomic E-state index is 0.0840. The second-order valence-corrected chi connectivity index (χ2v) is 8.57. The summed E-state index contributed by atoms with van der Waals surface area (Å²) in [7, 11) is 0. The van der Waals surface area contributed by atoms with Gasteiger partial charge < -0.3 is 4.90 Å². The number of anilines is 1. The van der Waals surface area contributed by atoms with Gasteiger partial charge in [-0.2, -0.15) is 5.10 Å². The van der Waals surface area contributed by atoms with Crippen LogP contribution in [0.15, 0.2) is 46.2 Å². The van der Waals surface area contributed by atoms with Gasteiger partial charge in [0.1, 0.15) is 5.82 Å². The van der Waals surface area contributed by atoms with Gasteiger partial charge in [0.2, 0.25) is 5.95 Å². The first-order valence-corrected chi connectivity index (χ1v) is 10.9. The number of rotatable bonds is 4. The molecule has 2 aliphatic heterocycles. The van der Waals surface area contributed by atoms with Crippen LogP contribution in [-0.4, -0.2) is 37.4 Å². The van der Waals surface area contributed by atoms with Crippen molar-refractivity contribution in [3.63, 3.8) is 0 Å². The van der Waals surface area contributed by atoms with E-state index in [1.165, 1.54) is 4.68 Å². The largest absolute Gasteiger partial charge is 0.340 e. The van der Waals surface area contributed by atoms with Crippen LogP contribution < -0.4 is 16.0 Å². The summed E-state index contributed by atoms with van der Waals surface area (Å²) < 4.78 is 2.92. The van der Waals surface area contributed by atoms with Crippen LogP contribution in [0.4, 0.5) is 5.95 Å². The minimum atomic E-state index is -0.557. The molecule has 0 spiro atoms. The third-order valence-electron chi connectivity index (χ3n) is 6.50. The van der Waals surface area contributed by atoms with Crippen LogP contribution in [0.5, 0.6) is 0 Å². The molecule has 160 valence electrons. The number of hydrogen-bond donors (Lipinski definition) is 0. The molecule has 1 aromatic carbocycles. The third kappa shape index (κ3) is 3.56. The van der Waals surface area contributed by atoms with Crippen molar-refractivity contribution >= 4 is 5.95 Å². The summed E-state index contributed by atoms with van der Waals surface area (Å²) in [5, 5.41) is 4.67. The maximum atomic E-state index is 12.8. The average Bonchev–Trinajstić information content (AvgIpc) is 3.17. The van der Waals surface area contributed by atoms with Gasteiger partial charge in [-0.1, -0.05) is 36.8 Å². The van der Waals surface area contributed by atoms with E-state index in [9.17, 15) is 9.59 Å². The SMILES string of the molecule is CCc1cnc(N2CC[C@H]3Cn4c(nn(Cc5ccc(C)cc5)c(=O)c4=O)[C@@H]3C2)nc1. The summed E-state index contributed by atoms with van der Waals surface area (Å²) in [4.78, 5) is 36.7. The highest BCUT2D eigenvalue weighted by molar-refractivity contribution is 5.33. The molecule has 2 atom stereocenters. The van der Waals surface area contributed by atoms with Gasteiger partial charge in [0.05, 0.1) is 6.54 Å². The van der Waals surface area contributed by atoms with Crippen molar-refractivity contribution in [2.24, 2.45) is 5.92 Å². The Morgan fingerprint density at radius 1 is 1.00 bits per heavy atom. The topological polar surface area (TPSA) is 85.9 Å². The Hall–Kier alpha value is -3.29. The number of benzene rings is 1. The zero-order valence-corrected chi connectivity index (χ0v) is 17.9. The van der Waals surface area contributed by atoms with Crippen LogP contribution >= 0.6 is 0 Å². The highest BCUT2D eigenvalue weighted by Gasteiger charge is 2.40. The Morgan fingerprint density at radius 2 is 1.74 bits per heavy atom. The molecule has 0 unspecified atom stereocenters. The lowest BCUT2D eigenvalue weighted by Crippen LogP contribution is -2.44. The van der Waals surface area contributed by atoms with Crippen LogP contribution in [0.1, 0.15) is 41.8 Å². The Morgan fingerprint density at radius 3 is 2.45 bits per heavy atom. The Kier molecular flexibility index (Phi) is 4.92. The minimum Gasteiger partial charge on any atom is -0.340 e. The monoisotopic (exact) mass is 418 g/mol. The van der Waals surface area contributed by atoms with Gasteiger partial charge in [-0.05, 0) is 36.8 Å². The van der Waals surface area contributed by atoms with Crippen molar-refractivity contribution in [1.82, 2.24) is 24.3 Å². The van der Waals surface area contributed by atoms with Gasteiger partial charge in [0, 0.05) is 37.9 Å². The first kappa shape index (κ1) is 19.7. The maximum Gasteiger partial charge on any atom is 0.332 e. The number of piperidine rings is 1. The van der Waals surface area contributed by atoms with Gasteiger partial charge >= 0.3 is 11.1 Å². The molecule has 1 fully saturated rings. The predicted octanol–water partition coefficient (Wildman–Crippen LogP) is 1.74. The second kappa shape index (κ2) is 7.76. The van der Waals surface area contributed by atoms with Crippen LogP contribution in [0.2, 0.25) is 0 Å². The molecule has 2 aliphatic rings. The molecule has 0 radical (unpaired) electrons. The van der Waals surface area contributed by atoms with Gasteiger partial charge in [-0.3, -0.25) is 14.2 Å². The molecule has 5 rings (SSSR count). The van der Waals surface area contributed by atoms with Crippen molar-refractivity contribution in [3.05, 3.63) is 79.9 Å². The van der Waals surface area contributed by atoms with Crippen LogP contribution in [0, 0.1) is 12.8 Å². The molecule has 0 bridgehead atoms. The lowest BCUT2D eigenvalue weighted by molar-refractivity contribution is 0.360. The molecule has 8 nitrogen and oxygen atoms in total.